The highest BCUT2D eigenvalue weighted by Crippen LogP contribution is 2.19. The van der Waals surface area contributed by atoms with Crippen LogP contribution in [-0.4, -0.2) is 19.0 Å². The van der Waals surface area contributed by atoms with Crippen LogP contribution in [0.2, 0.25) is 0 Å². The third-order valence-electron chi connectivity index (χ3n) is 1.87. The molecule has 1 saturated heterocycles. The van der Waals surface area contributed by atoms with Gasteiger partial charge in [0.05, 0.1) is 9.50 Å². The molecule has 0 aromatic heterocycles. The van der Waals surface area contributed by atoms with E-state index in [-0.39, 0.29) is 12.4 Å². The summed E-state index contributed by atoms with van der Waals surface area (Å²) in [5.74, 6) is 0. The summed E-state index contributed by atoms with van der Waals surface area (Å²) in [5.41, 5.74) is 0. The fraction of sp³-hybridized carbons (Fsp3) is 0.778. The van der Waals surface area contributed by atoms with Crippen LogP contribution in [0, 0.1) is 0 Å². The van der Waals surface area contributed by atoms with Gasteiger partial charge in [-0.1, -0.05) is 0 Å². The van der Waals surface area contributed by atoms with Gasteiger partial charge < -0.3 is 9.47 Å². The van der Waals surface area contributed by atoms with Crippen LogP contribution in [-0.2, 0) is 9.47 Å². The molecule has 0 aromatic rings. The van der Waals surface area contributed by atoms with E-state index >= 15 is 0 Å². The summed E-state index contributed by atoms with van der Waals surface area (Å²) in [6.07, 6.45) is 5.40. The van der Waals surface area contributed by atoms with Crippen LogP contribution >= 0.6 is 31.9 Å². The maximum atomic E-state index is 5.64. The number of rotatable bonds is 3. The maximum absolute atomic E-state index is 5.64. The number of hydrogen-bond acceptors (Lipinski definition) is 2. The quantitative estimate of drug-likeness (QED) is 0.793. The Kier molecular flexibility index (Phi) is 5.55. The predicted molar refractivity (Wildman–Crippen MR) is 60.1 cm³/mol. The van der Waals surface area contributed by atoms with Crippen molar-refractivity contribution in [2.45, 2.75) is 38.6 Å². The van der Waals surface area contributed by atoms with Crippen LogP contribution in [0.3, 0.4) is 0 Å². The van der Waals surface area contributed by atoms with Gasteiger partial charge in [0.25, 0.3) is 0 Å². The lowest BCUT2D eigenvalue weighted by Gasteiger charge is -2.24. The molecule has 76 valence electrons. The van der Waals surface area contributed by atoms with E-state index in [2.05, 4.69) is 31.9 Å². The Hall–Kier alpha value is 0.620. The van der Waals surface area contributed by atoms with Crippen molar-refractivity contribution in [3.05, 3.63) is 9.47 Å². The van der Waals surface area contributed by atoms with Crippen molar-refractivity contribution in [1.82, 2.24) is 0 Å². The average molecular weight is 314 g/mol. The van der Waals surface area contributed by atoms with Crippen LogP contribution < -0.4 is 0 Å². The van der Waals surface area contributed by atoms with Crippen LogP contribution in [0.5, 0.6) is 0 Å². The molecule has 0 spiro atoms. The second-order valence-electron chi connectivity index (χ2n) is 3.09. The van der Waals surface area contributed by atoms with Crippen LogP contribution in [0.25, 0.3) is 0 Å². The molecular weight excluding hydrogens is 300 g/mol. The fourth-order valence-corrected chi connectivity index (χ4v) is 2.02. The molecule has 0 amide bonds. The van der Waals surface area contributed by atoms with E-state index in [1.165, 1.54) is 6.42 Å². The van der Waals surface area contributed by atoms with Crippen molar-refractivity contribution >= 4 is 31.9 Å². The lowest BCUT2D eigenvalue weighted by Crippen LogP contribution is -2.25. The zero-order chi connectivity index (χ0) is 9.68. The monoisotopic (exact) mass is 312 g/mol. The Labute approximate surface area is 95.9 Å². The summed E-state index contributed by atoms with van der Waals surface area (Å²) in [7, 11) is 0. The molecule has 1 rings (SSSR count). The summed E-state index contributed by atoms with van der Waals surface area (Å²) in [6, 6.07) is 0. The summed E-state index contributed by atoms with van der Waals surface area (Å²) in [5, 5.41) is 0. The highest BCUT2D eigenvalue weighted by molar-refractivity contribution is 9.28. The maximum Gasteiger partial charge on any atom is 0.158 e. The number of hydrogen-bond donors (Lipinski definition) is 0. The highest BCUT2D eigenvalue weighted by atomic mass is 79.9. The summed E-state index contributed by atoms with van der Waals surface area (Å²) < 4.78 is 12.0. The molecule has 0 bridgehead atoms. The molecular formula is C9H14Br2O2. The largest absolute Gasteiger partial charge is 0.353 e. The zero-order valence-corrected chi connectivity index (χ0v) is 10.8. The topological polar surface area (TPSA) is 18.5 Å². The van der Waals surface area contributed by atoms with Crippen LogP contribution in [0.15, 0.2) is 9.47 Å². The molecule has 4 heteroatoms. The van der Waals surface area contributed by atoms with Crippen molar-refractivity contribution in [2.75, 3.05) is 6.61 Å². The molecule has 13 heavy (non-hydrogen) atoms. The molecule has 0 aromatic carbocycles. The Morgan fingerprint density at radius 2 is 2.31 bits per heavy atom. The second-order valence-corrected chi connectivity index (χ2v) is 5.87. The van der Waals surface area contributed by atoms with E-state index in [9.17, 15) is 0 Å². The van der Waals surface area contributed by atoms with Crippen LogP contribution in [0.1, 0.15) is 26.2 Å². The lowest BCUT2D eigenvalue weighted by molar-refractivity contribution is -0.174. The van der Waals surface area contributed by atoms with Gasteiger partial charge in [0.2, 0.25) is 0 Å². The van der Waals surface area contributed by atoms with Crippen LogP contribution in [0.4, 0.5) is 0 Å². The van der Waals surface area contributed by atoms with E-state index in [4.69, 9.17) is 9.47 Å². The zero-order valence-electron chi connectivity index (χ0n) is 7.63. The van der Waals surface area contributed by atoms with Crippen molar-refractivity contribution < 1.29 is 9.47 Å². The normalized spacial score (nSPS) is 25.3. The number of ether oxygens (including phenoxy) is 2. The van der Waals surface area contributed by atoms with E-state index in [1.807, 2.05) is 13.0 Å². The SMILES string of the molecule is C[C@H](C=C(Br)Br)O[C@H]1CCCCO1. The highest BCUT2D eigenvalue weighted by Gasteiger charge is 2.15. The van der Waals surface area contributed by atoms with E-state index in [1.54, 1.807) is 0 Å². The van der Waals surface area contributed by atoms with Crippen molar-refractivity contribution in [1.29, 1.82) is 0 Å². The molecule has 0 aliphatic carbocycles. The van der Waals surface area contributed by atoms with Gasteiger partial charge in [-0.25, -0.2) is 0 Å². The van der Waals surface area contributed by atoms with Gasteiger partial charge in [-0.2, -0.15) is 0 Å². The Morgan fingerprint density at radius 1 is 1.54 bits per heavy atom. The minimum absolute atomic E-state index is 0.0145. The smallest absolute Gasteiger partial charge is 0.158 e. The van der Waals surface area contributed by atoms with Gasteiger partial charge in [0.1, 0.15) is 0 Å². The van der Waals surface area contributed by atoms with E-state index in [0.29, 0.717) is 0 Å². The third-order valence-corrected chi connectivity index (χ3v) is 2.39. The molecule has 1 heterocycles. The summed E-state index contributed by atoms with van der Waals surface area (Å²) in [4.78, 5) is 0. The van der Waals surface area contributed by atoms with Gasteiger partial charge in [-0.05, 0) is 64.1 Å². The van der Waals surface area contributed by atoms with Gasteiger partial charge >= 0.3 is 0 Å². The minimum Gasteiger partial charge on any atom is -0.353 e. The fourth-order valence-electron chi connectivity index (χ4n) is 1.27. The molecule has 0 saturated carbocycles. The standard InChI is InChI=1S/C9H14Br2O2/c1-7(6-8(10)11)13-9-4-2-3-5-12-9/h6-7,9H,2-5H2,1H3/t7-,9+/m1/s1. The predicted octanol–water partition coefficient (Wildman–Crippen LogP) is 3.55. The first-order chi connectivity index (χ1) is 6.18. The van der Waals surface area contributed by atoms with Crippen molar-refractivity contribution in [3.8, 4) is 0 Å². The molecule has 1 aliphatic heterocycles. The molecule has 2 atom stereocenters. The van der Waals surface area contributed by atoms with E-state index < -0.39 is 0 Å². The first-order valence-electron chi connectivity index (χ1n) is 4.48. The first-order valence-corrected chi connectivity index (χ1v) is 6.07. The summed E-state index contributed by atoms with van der Waals surface area (Å²) >= 11 is 6.59. The first kappa shape index (κ1) is 11.7. The van der Waals surface area contributed by atoms with E-state index in [0.717, 1.165) is 22.8 Å². The molecule has 1 fully saturated rings. The Morgan fingerprint density at radius 3 is 2.85 bits per heavy atom. The summed E-state index contributed by atoms with van der Waals surface area (Å²) in [6.45, 7) is 2.83. The minimum atomic E-state index is -0.0145. The van der Waals surface area contributed by atoms with Gasteiger partial charge in [0.15, 0.2) is 6.29 Å². The van der Waals surface area contributed by atoms with Gasteiger partial charge in [-0.15, -0.1) is 0 Å². The molecule has 0 unspecified atom stereocenters. The van der Waals surface area contributed by atoms with Gasteiger partial charge in [-0.3, -0.25) is 0 Å². The third kappa shape index (κ3) is 5.15. The van der Waals surface area contributed by atoms with Crippen molar-refractivity contribution in [2.24, 2.45) is 0 Å². The second kappa shape index (κ2) is 6.17. The average Bonchev–Trinajstić information content (AvgIpc) is 2.04. The lowest BCUT2D eigenvalue weighted by atomic mass is 10.2. The number of halogens is 2. The molecule has 1 aliphatic rings. The molecule has 0 N–H and O–H groups in total. The Balaban J connectivity index is 2.26. The van der Waals surface area contributed by atoms with Gasteiger partial charge in [0, 0.05) is 6.61 Å². The molecule has 0 radical (unpaired) electrons. The Bertz CT molecular complexity index is 172. The van der Waals surface area contributed by atoms with Crippen molar-refractivity contribution in [3.63, 3.8) is 0 Å². The molecule has 2 nitrogen and oxygen atoms in total.